The minimum Gasteiger partial charge on any atom is -0.340 e. The van der Waals surface area contributed by atoms with Crippen LogP contribution in [0.4, 0.5) is 0 Å². The van der Waals surface area contributed by atoms with Crippen LogP contribution in [0.25, 0.3) is 0 Å². The summed E-state index contributed by atoms with van der Waals surface area (Å²) in [6, 6.07) is 10.4. The molecule has 2 fully saturated rings. The molecule has 2 atom stereocenters. The molecule has 0 bridgehead atoms. The monoisotopic (exact) mass is 272 g/mol. The molecule has 2 N–H and O–H groups in total. The maximum atomic E-state index is 12.4. The summed E-state index contributed by atoms with van der Waals surface area (Å²) in [4.78, 5) is 14.4. The fourth-order valence-electron chi connectivity index (χ4n) is 3.68. The molecule has 0 aromatic heterocycles. The quantitative estimate of drug-likeness (QED) is 0.919. The lowest BCUT2D eigenvalue weighted by molar-refractivity contribution is -0.131. The van der Waals surface area contributed by atoms with Gasteiger partial charge in [-0.15, -0.1) is 0 Å². The summed E-state index contributed by atoms with van der Waals surface area (Å²) in [5, 5.41) is 0. The van der Waals surface area contributed by atoms with E-state index >= 15 is 0 Å². The Morgan fingerprint density at radius 3 is 2.55 bits per heavy atom. The lowest BCUT2D eigenvalue weighted by atomic mass is 9.95. The van der Waals surface area contributed by atoms with E-state index in [4.69, 9.17) is 5.73 Å². The van der Waals surface area contributed by atoms with Crippen molar-refractivity contribution in [3.8, 4) is 0 Å². The number of nitrogens with zero attached hydrogens (tertiary/aromatic N) is 1. The molecule has 1 saturated carbocycles. The topological polar surface area (TPSA) is 46.3 Å². The molecule has 0 unspecified atom stereocenters. The van der Waals surface area contributed by atoms with Crippen LogP contribution in [-0.2, 0) is 4.79 Å². The zero-order valence-electron chi connectivity index (χ0n) is 12.0. The van der Waals surface area contributed by atoms with Crippen molar-refractivity contribution in [1.29, 1.82) is 0 Å². The van der Waals surface area contributed by atoms with Crippen LogP contribution in [0.5, 0.6) is 0 Å². The highest BCUT2D eigenvalue weighted by atomic mass is 16.2. The summed E-state index contributed by atoms with van der Waals surface area (Å²) in [5.41, 5.74) is 7.51. The number of rotatable bonds is 3. The molecule has 1 heterocycles. The van der Waals surface area contributed by atoms with Crippen LogP contribution in [0.15, 0.2) is 30.3 Å². The van der Waals surface area contributed by atoms with E-state index in [0.29, 0.717) is 24.3 Å². The Balaban J connectivity index is 1.61. The third-order valence-electron chi connectivity index (χ3n) is 4.88. The molecule has 20 heavy (non-hydrogen) atoms. The molecule has 1 amide bonds. The third kappa shape index (κ3) is 2.88. The normalized spacial score (nSPS) is 27.1. The van der Waals surface area contributed by atoms with Gasteiger partial charge in [0.1, 0.15) is 0 Å². The van der Waals surface area contributed by atoms with E-state index in [2.05, 4.69) is 12.1 Å². The number of hydrogen-bond donors (Lipinski definition) is 1. The van der Waals surface area contributed by atoms with Crippen molar-refractivity contribution in [2.75, 3.05) is 13.1 Å². The van der Waals surface area contributed by atoms with Crippen molar-refractivity contribution in [1.82, 2.24) is 4.90 Å². The zero-order valence-corrected chi connectivity index (χ0v) is 12.0. The summed E-state index contributed by atoms with van der Waals surface area (Å²) in [6.45, 7) is 1.50. The fourth-order valence-corrected chi connectivity index (χ4v) is 3.68. The molecule has 1 saturated heterocycles. The van der Waals surface area contributed by atoms with Crippen LogP contribution in [-0.4, -0.2) is 29.9 Å². The first-order valence-electron chi connectivity index (χ1n) is 7.82. The Bertz CT molecular complexity index is 453. The second-order valence-corrected chi connectivity index (χ2v) is 6.33. The van der Waals surface area contributed by atoms with E-state index < -0.39 is 0 Å². The lowest BCUT2D eigenvalue weighted by Gasteiger charge is -2.18. The molecular weight excluding hydrogens is 248 g/mol. The maximum Gasteiger partial charge on any atom is 0.222 e. The van der Waals surface area contributed by atoms with E-state index in [-0.39, 0.29) is 6.04 Å². The molecule has 0 radical (unpaired) electrons. The van der Waals surface area contributed by atoms with Gasteiger partial charge in [-0.2, -0.15) is 0 Å². The van der Waals surface area contributed by atoms with Crippen LogP contribution in [0.1, 0.15) is 43.6 Å². The van der Waals surface area contributed by atoms with Gasteiger partial charge in [0, 0.05) is 31.5 Å². The first kappa shape index (κ1) is 13.6. The summed E-state index contributed by atoms with van der Waals surface area (Å²) >= 11 is 0. The smallest absolute Gasteiger partial charge is 0.222 e. The molecule has 3 heteroatoms. The Morgan fingerprint density at radius 2 is 1.85 bits per heavy atom. The van der Waals surface area contributed by atoms with Gasteiger partial charge in [-0.1, -0.05) is 43.2 Å². The number of likely N-dealkylation sites (tertiary alicyclic amines) is 1. The minimum absolute atomic E-state index is 0.0740. The van der Waals surface area contributed by atoms with E-state index in [1.165, 1.54) is 31.2 Å². The standard InChI is InChI=1S/C17H24N2O/c18-16-12-19(17(20)10-13-6-4-5-7-13)11-15(16)14-8-2-1-3-9-14/h1-3,8-9,13,15-16H,4-7,10-12,18H2/t15-,16+/m0/s1. The molecular formula is C17H24N2O. The fraction of sp³-hybridized carbons (Fsp3) is 0.588. The van der Waals surface area contributed by atoms with E-state index in [1.54, 1.807) is 0 Å². The van der Waals surface area contributed by atoms with Crippen molar-refractivity contribution in [2.24, 2.45) is 11.7 Å². The number of carbonyl (C=O) groups excluding carboxylic acids is 1. The highest BCUT2D eigenvalue weighted by Gasteiger charge is 2.34. The van der Waals surface area contributed by atoms with Gasteiger partial charge < -0.3 is 10.6 Å². The Hall–Kier alpha value is -1.35. The van der Waals surface area contributed by atoms with Crippen LogP contribution in [0.2, 0.25) is 0 Å². The zero-order chi connectivity index (χ0) is 13.9. The van der Waals surface area contributed by atoms with E-state index in [0.717, 1.165) is 13.0 Å². The molecule has 1 aromatic carbocycles. The van der Waals surface area contributed by atoms with Crippen LogP contribution < -0.4 is 5.73 Å². The first-order chi connectivity index (χ1) is 9.74. The molecule has 2 aliphatic rings. The second kappa shape index (κ2) is 5.96. The number of amides is 1. The molecule has 0 spiro atoms. The number of carbonyl (C=O) groups is 1. The lowest BCUT2D eigenvalue weighted by Crippen LogP contribution is -2.32. The largest absolute Gasteiger partial charge is 0.340 e. The average molecular weight is 272 g/mol. The van der Waals surface area contributed by atoms with Gasteiger partial charge in [-0.25, -0.2) is 0 Å². The van der Waals surface area contributed by atoms with Gasteiger partial charge >= 0.3 is 0 Å². The highest BCUT2D eigenvalue weighted by molar-refractivity contribution is 5.77. The van der Waals surface area contributed by atoms with Gasteiger partial charge in [0.2, 0.25) is 5.91 Å². The predicted molar refractivity (Wildman–Crippen MR) is 80.3 cm³/mol. The van der Waals surface area contributed by atoms with Crippen LogP contribution in [0, 0.1) is 5.92 Å². The molecule has 1 aliphatic heterocycles. The van der Waals surface area contributed by atoms with Gasteiger partial charge in [0.05, 0.1) is 0 Å². The first-order valence-corrected chi connectivity index (χ1v) is 7.82. The Kier molecular flexibility index (Phi) is 4.06. The van der Waals surface area contributed by atoms with Crippen molar-refractivity contribution < 1.29 is 4.79 Å². The SMILES string of the molecule is N[C@@H]1CN(C(=O)CC2CCCC2)C[C@H]1c1ccccc1. The van der Waals surface area contributed by atoms with Gasteiger partial charge in [0.15, 0.2) is 0 Å². The summed E-state index contributed by atoms with van der Waals surface area (Å²) < 4.78 is 0. The number of benzene rings is 1. The molecule has 1 aliphatic carbocycles. The molecule has 3 nitrogen and oxygen atoms in total. The molecule has 3 rings (SSSR count). The Labute approximate surface area is 121 Å². The van der Waals surface area contributed by atoms with E-state index in [1.807, 2.05) is 23.1 Å². The van der Waals surface area contributed by atoms with Crippen molar-refractivity contribution >= 4 is 5.91 Å². The third-order valence-corrected chi connectivity index (χ3v) is 4.88. The van der Waals surface area contributed by atoms with Crippen LogP contribution >= 0.6 is 0 Å². The highest BCUT2D eigenvalue weighted by Crippen LogP contribution is 2.31. The summed E-state index contributed by atoms with van der Waals surface area (Å²) in [5.74, 6) is 1.23. The van der Waals surface area contributed by atoms with Gasteiger partial charge in [-0.05, 0) is 24.3 Å². The average Bonchev–Trinajstić information content (AvgIpc) is 3.09. The molecule has 1 aromatic rings. The van der Waals surface area contributed by atoms with Gasteiger partial charge in [0.25, 0.3) is 0 Å². The van der Waals surface area contributed by atoms with Crippen molar-refractivity contribution in [3.05, 3.63) is 35.9 Å². The summed E-state index contributed by atoms with van der Waals surface area (Å²) in [7, 11) is 0. The second-order valence-electron chi connectivity index (χ2n) is 6.33. The van der Waals surface area contributed by atoms with Crippen LogP contribution in [0.3, 0.4) is 0 Å². The molecule has 108 valence electrons. The van der Waals surface area contributed by atoms with Crippen molar-refractivity contribution in [2.45, 2.75) is 44.1 Å². The van der Waals surface area contributed by atoms with E-state index in [9.17, 15) is 4.79 Å². The summed E-state index contributed by atoms with van der Waals surface area (Å²) in [6.07, 6.45) is 5.78. The minimum atomic E-state index is 0.0740. The maximum absolute atomic E-state index is 12.4. The van der Waals surface area contributed by atoms with Gasteiger partial charge in [-0.3, -0.25) is 4.79 Å². The Morgan fingerprint density at radius 1 is 1.15 bits per heavy atom. The predicted octanol–water partition coefficient (Wildman–Crippen LogP) is 2.52. The number of nitrogens with two attached hydrogens (primary N) is 1. The number of hydrogen-bond acceptors (Lipinski definition) is 2. The van der Waals surface area contributed by atoms with Crippen molar-refractivity contribution in [3.63, 3.8) is 0 Å².